The lowest BCUT2D eigenvalue weighted by atomic mass is 9.92. The molecular weight excluding hydrogens is 260 g/mol. The molecule has 0 fully saturated rings. The van der Waals surface area contributed by atoms with Gasteiger partial charge in [0, 0.05) is 29.4 Å². The van der Waals surface area contributed by atoms with Crippen molar-refractivity contribution in [1.82, 2.24) is 0 Å². The first kappa shape index (κ1) is 12.8. The number of hydrogen-bond acceptors (Lipinski definition) is 2. The van der Waals surface area contributed by atoms with Gasteiger partial charge in [-0.05, 0) is 36.6 Å². The molecule has 0 saturated heterocycles. The van der Waals surface area contributed by atoms with Gasteiger partial charge in [-0.1, -0.05) is 12.1 Å². The molecule has 1 aliphatic rings. The minimum Gasteiger partial charge on any atom is -0.385 e. The molecule has 1 N–H and O–H groups in total. The smallest absolute Gasteiger partial charge is 0.193 e. The topological polar surface area (TPSA) is 29.1 Å². The molecule has 0 atom stereocenters. The van der Waals surface area contributed by atoms with E-state index in [1.165, 1.54) is 0 Å². The minimum atomic E-state index is -0.740. The van der Waals surface area contributed by atoms with Gasteiger partial charge in [-0.2, -0.15) is 0 Å². The van der Waals surface area contributed by atoms with Crippen molar-refractivity contribution < 1.29 is 13.6 Å². The Balaban J connectivity index is 2.06. The summed E-state index contributed by atoms with van der Waals surface area (Å²) in [7, 11) is 0. The van der Waals surface area contributed by atoms with Crippen molar-refractivity contribution >= 4 is 11.5 Å². The minimum absolute atomic E-state index is 0.0430. The fourth-order valence-corrected chi connectivity index (χ4v) is 2.56. The molecule has 2 nitrogen and oxygen atoms in total. The molecule has 0 spiro atoms. The summed E-state index contributed by atoms with van der Waals surface area (Å²) < 4.78 is 26.5. The highest BCUT2D eigenvalue weighted by atomic mass is 19.1. The largest absolute Gasteiger partial charge is 0.385 e. The van der Waals surface area contributed by atoms with Crippen LogP contribution in [0.5, 0.6) is 0 Å². The maximum Gasteiger partial charge on any atom is 0.193 e. The maximum atomic E-state index is 13.2. The van der Waals surface area contributed by atoms with Gasteiger partial charge in [-0.15, -0.1) is 0 Å². The first-order chi connectivity index (χ1) is 9.65. The second kappa shape index (κ2) is 5.04. The second-order valence-corrected chi connectivity index (χ2v) is 4.85. The number of carbonyl (C=O) groups is 1. The maximum absolute atomic E-state index is 13.2. The Morgan fingerprint density at radius 1 is 1.10 bits per heavy atom. The van der Waals surface area contributed by atoms with Crippen LogP contribution in [0.2, 0.25) is 0 Å². The molecule has 3 rings (SSSR count). The molecule has 0 saturated carbocycles. The number of benzene rings is 2. The summed E-state index contributed by atoms with van der Waals surface area (Å²) in [6.07, 6.45) is 1.73. The van der Waals surface area contributed by atoms with E-state index >= 15 is 0 Å². The lowest BCUT2D eigenvalue weighted by Crippen LogP contribution is -2.16. The standard InChI is InChI=1S/C16H13F2NO/c17-11-7-10(8-12(18)9-11)16(20)14-3-1-5-15-13(14)4-2-6-19-15/h1,3,5,7-9,19H,2,4,6H2. The number of nitrogens with one attached hydrogen (secondary N) is 1. The highest BCUT2D eigenvalue weighted by Gasteiger charge is 2.19. The molecule has 0 amide bonds. The molecule has 1 aliphatic heterocycles. The predicted molar refractivity (Wildman–Crippen MR) is 73.0 cm³/mol. The van der Waals surface area contributed by atoms with Crippen molar-refractivity contribution in [1.29, 1.82) is 0 Å². The zero-order valence-electron chi connectivity index (χ0n) is 10.7. The number of fused-ring (bicyclic) bond motifs is 1. The van der Waals surface area contributed by atoms with Crippen LogP contribution in [-0.4, -0.2) is 12.3 Å². The van der Waals surface area contributed by atoms with Gasteiger partial charge in [-0.25, -0.2) is 8.78 Å². The first-order valence-corrected chi connectivity index (χ1v) is 6.52. The summed E-state index contributed by atoms with van der Waals surface area (Å²) in [4.78, 5) is 12.5. The van der Waals surface area contributed by atoms with Gasteiger partial charge in [0.1, 0.15) is 11.6 Å². The van der Waals surface area contributed by atoms with Crippen LogP contribution in [-0.2, 0) is 6.42 Å². The van der Waals surface area contributed by atoms with Crippen LogP contribution in [0, 0.1) is 11.6 Å². The van der Waals surface area contributed by atoms with Crippen molar-refractivity contribution in [3.8, 4) is 0 Å². The number of rotatable bonds is 2. The van der Waals surface area contributed by atoms with Crippen molar-refractivity contribution in [3.05, 3.63) is 64.7 Å². The normalized spacial score (nSPS) is 13.5. The van der Waals surface area contributed by atoms with Crippen LogP contribution >= 0.6 is 0 Å². The van der Waals surface area contributed by atoms with Crippen LogP contribution in [0.3, 0.4) is 0 Å². The number of carbonyl (C=O) groups excluding carboxylic acids is 1. The average molecular weight is 273 g/mol. The van der Waals surface area contributed by atoms with Crippen molar-refractivity contribution in [2.75, 3.05) is 11.9 Å². The van der Waals surface area contributed by atoms with Crippen LogP contribution in [0.1, 0.15) is 27.9 Å². The monoisotopic (exact) mass is 273 g/mol. The molecule has 2 aromatic rings. The van der Waals surface area contributed by atoms with Crippen LogP contribution in [0.4, 0.5) is 14.5 Å². The number of halogens is 2. The van der Waals surface area contributed by atoms with Gasteiger partial charge in [0.25, 0.3) is 0 Å². The summed E-state index contributed by atoms with van der Waals surface area (Å²) in [5.74, 6) is -1.82. The van der Waals surface area contributed by atoms with Gasteiger partial charge in [0.15, 0.2) is 5.78 Å². The molecule has 0 aliphatic carbocycles. The fraction of sp³-hybridized carbons (Fsp3) is 0.188. The summed E-state index contributed by atoms with van der Waals surface area (Å²) in [5.41, 5.74) is 2.41. The molecule has 1 heterocycles. The number of ketones is 1. The third kappa shape index (κ3) is 2.29. The quantitative estimate of drug-likeness (QED) is 0.848. The number of hydrogen-bond donors (Lipinski definition) is 1. The van der Waals surface area contributed by atoms with E-state index < -0.39 is 11.6 Å². The highest BCUT2D eigenvalue weighted by Crippen LogP contribution is 2.27. The van der Waals surface area contributed by atoms with E-state index in [2.05, 4.69) is 5.32 Å². The molecule has 0 aromatic heterocycles. The summed E-state index contributed by atoms with van der Waals surface area (Å²) in [5, 5.41) is 3.23. The lowest BCUT2D eigenvalue weighted by molar-refractivity contribution is 0.103. The number of anilines is 1. The Kier molecular flexibility index (Phi) is 3.22. The van der Waals surface area contributed by atoms with E-state index in [0.29, 0.717) is 5.56 Å². The molecule has 4 heteroatoms. The van der Waals surface area contributed by atoms with E-state index in [-0.39, 0.29) is 11.3 Å². The SMILES string of the molecule is O=C(c1cc(F)cc(F)c1)c1cccc2c1CCCN2. The third-order valence-electron chi connectivity index (χ3n) is 3.46. The molecule has 2 aromatic carbocycles. The van der Waals surface area contributed by atoms with E-state index in [9.17, 15) is 13.6 Å². The average Bonchev–Trinajstić information content (AvgIpc) is 2.45. The zero-order chi connectivity index (χ0) is 14.1. The van der Waals surface area contributed by atoms with Gasteiger partial charge in [0.05, 0.1) is 0 Å². The molecule has 0 radical (unpaired) electrons. The van der Waals surface area contributed by atoms with Crippen molar-refractivity contribution in [3.63, 3.8) is 0 Å². The molecular formula is C16H13F2NO. The van der Waals surface area contributed by atoms with E-state index in [1.54, 1.807) is 12.1 Å². The molecule has 102 valence electrons. The zero-order valence-corrected chi connectivity index (χ0v) is 10.7. The van der Waals surface area contributed by atoms with Crippen molar-refractivity contribution in [2.45, 2.75) is 12.8 Å². The van der Waals surface area contributed by atoms with Gasteiger partial charge in [0.2, 0.25) is 0 Å². The fourth-order valence-electron chi connectivity index (χ4n) is 2.56. The highest BCUT2D eigenvalue weighted by molar-refractivity contribution is 6.10. The Bertz CT molecular complexity index is 662. The van der Waals surface area contributed by atoms with Gasteiger partial charge in [-0.3, -0.25) is 4.79 Å². The van der Waals surface area contributed by atoms with E-state index in [0.717, 1.165) is 48.8 Å². The predicted octanol–water partition coefficient (Wildman–Crippen LogP) is 3.55. The van der Waals surface area contributed by atoms with Crippen LogP contribution < -0.4 is 5.32 Å². The van der Waals surface area contributed by atoms with Crippen LogP contribution in [0.15, 0.2) is 36.4 Å². The molecule has 0 unspecified atom stereocenters. The van der Waals surface area contributed by atoms with Gasteiger partial charge >= 0.3 is 0 Å². The summed E-state index contributed by atoms with van der Waals surface area (Å²) in [6.45, 7) is 0.874. The Hall–Kier alpha value is -2.23. The Labute approximate surface area is 115 Å². The van der Waals surface area contributed by atoms with E-state index in [1.807, 2.05) is 6.07 Å². The Morgan fingerprint density at radius 2 is 1.85 bits per heavy atom. The summed E-state index contributed by atoms with van der Waals surface area (Å²) >= 11 is 0. The first-order valence-electron chi connectivity index (χ1n) is 6.52. The van der Waals surface area contributed by atoms with E-state index in [4.69, 9.17) is 0 Å². The molecule has 0 bridgehead atoms. The third-order valence-corrected chi connectivity index (χ3v) is 3.46. The Morgan fingerprint density at radius 3 is 2.60 bits per heavy atom. The van der Waals surface area contributed by atoms with Crippen LogP contribution in [0.25, 0.3) is 0 Å². The lowest BCUT2D eigenvalue weighted by Gasteiger charge is -2.20. The molecule has 20 heavy (non-hydrogen) atoms. The van der Waals surface area contributed by atoms with Crippen molar-refractivity contribution in [2.24, 2.45) is 0 Å². The summed E-state index contributed by atoms with van der Waals surface area (Å²) in [6, 6.07) is 8.30. The van der Waals surface area contributed by atoms with Gasteiger partial charge < -0.3 is 5.32 Å². The second-order valence-electron chi connectivity index (χ2n) is 4.85.